The summed E-state index contributed by atoms with van der Waals surface area (Å²) in [6.07, 6.45) is 13.1. The molecule has 1 unspecified atom stereocenters. The highest BCUT2D eigenvalue weighted by molar-refractivity contribution is 9.09. The summed E-state index contributed by atoms with van der Waals surface area (Å²) in [5.41, 5.74) is 0. The maximum atomic E-state index is 3.61. The van der Waals surface area contributed by atoms with Gasteiger partial charge in [0, 0.05) is 17.4 Å². The van der Waals surface area contributed by atoms with Gasteiger partial charge in [-0.05, 0) is 38.6 Å². The van der Waals surface area contributed by atoms with Crippen LogP contribution in [0.5, 0.6) is 0 Å². The summed E-state index contributed by atoms with van der Waals surface area (Å²) < 4.78 is 0. The van der Waals surface area contributed by atoms with Crippen LogP contribution in [0.2, 0.25) is 0 Å². The van der Waals surface area contributed by atoms with Gasteiger partial charge in [-0.25, -0.2) is 0 Å². The smallest absolute Gasteiger partial charge is 0.0106 e. The third-order valence-electron chi connectivity index (χ3n) is 4.16. The van der Waals surface area contributed by atoms with Crippen molar-refractivity contribution in [2.45, 2.75) is 69.9 Å². The molecule has 0 bridgehead atoms. The molecule has 1 saturated heterocycles. The first-order valence-corrected chi connectivity index (χ1v) is 7.85. The Kier molecular flexibility index (Phi) is 4.96. The van der Waals surface area contributed by atoms with Gasteiger partial charge in [-0.15, -0.1) is 0 Å². The molecule has 0 spiro atoms. The molecular formula is C13H24BrN. The maximum Gasteiger partial charge on any atom is 0.0106 e. The average molecular weight is 274 g/mol. The zero-order chi connectivity index (χ0) is 10.5. The van der Waals surface area contributed by atoms with Crippen LogP contribution in [0, 0.1) is 0 Å². The molecule has 2 aliphatic rings. The molecule has 2 fully saturated rings. The number of nitrogens with zero attached hydrogens (tertiary/aromatic N) is 1. The SMILES string of the molecule is BrCCC1CCCCN1C1CCCCC1. The van der Waals surface area contributed by atoms with E-state index in [9.17, 15) is 0 Å². The van der Waals surface area contributed by atoms with Crippen LogP contribution in [0.15, 0.2) is 0 Å². The van der Waals surface area contributed by atoms with Crippen LogP contribution >= 0.6 is 15.9 Å². The number of alkyl halides is 1. The summed E-state index contributed by atoms with van der Waals surface area (Å²) in [7, 11) is 0. The van der Waals surface area contributed by atoms with Crippen LogP contribution in [0.4, 0.5) is 0 Å². The number of piperidine rings is 1. The summed E-state index contributed by atoms with van der Waals surface area (Å²) in [4.78, 5) is 2.85. The largest absolute Gasteiger partial charge is 0.297 e. The minimum Gasteiger partial charge on any atom is -0.297 e. The summed E-state index contributed by atoms with van der Waals surface area (Å²) in [6.45, 7) is 1.38. The van der Waals surface area contributed by atoms with E-state index < -0.39 is 0 Å². The molecule has 0 N–H and O–H groups in total. The summed E-state index contributed by atoms with van der Waals surface area (Å²) in [5.74, 6) is 0. The molecule has 1 aliphatic carbocycles. The molecule has 2 heteroatoms. The molecule has 1 atom stereocenters. The van der Waals surface area contributed by atoms with Crippen LogP contribution in [0.1, 0.15) is 57.8 Å². The Balaban J connectivity index is 1.90. The highest BCUT2D eigenvalue weighted by atomic mass is 79.9. The average Bonchev–Trinajstić information content (AvgIpc) is 2.31. The van der Waals surface area contributed by atoms with Gasteiger partial charge in [-0.1, -0.05) is 41.6 Å². The van der Waals surface area contributed by atoms with E-state index in [-0.39, 0.29) is 0 Å². The quantitative estimate of drug-likeness (QED) is 0.704. The Morgan fingerprint density at radius 2 is 1.67 bits per heavy atom. The van der Waals surface area contributed by atoms with Gasteiger partial charge >= 0.3 is 0 Å². The van der Waals surface area contributed by atoms with Crippen molar-refractivity contribution in [3.05, 3.63) is 0 Å². The van der Waals surface area contributed by atoms with Crippen LogP contribution in [0.3, 0.4) is 0 Å². The third-order valence-corrected chi connectivity index (χ3v) is 4.62. The fourth-order valence-corrected chi connectivity index (χ4v) is 3.88. The first-order valence-electron chi connectivity index (χ1n) is 6.73. The second kappa shape index (κ2) is 6.24. The summed E-state index contributed by atoms with van der Waals surface area (Å²) in [6, 6.07) is 1.82. The van der Waals surface area contributed by atoms with Crippen molar-refractivity contribution >= 4 is 15.9 Å². The second-order valence-electron chi connectivity index (χ2n) is 5.16. The predicted octanol–water partition coefficient (Wildman–Crippen LogP) is 3.96. The standard InChI is InChI=1S/C13H24BrN/c14-10-9-13-8-4-5-11-15(13)12-6-2-1-3-7-12/h12-13H,1-11H2. The topological polar surface area (TPSA) is 3.24 Å². The zero-order valence-electron chi connectivity index (χ0n) is 9.76. The number of hydrogen-bond acceptors (Lipinski definition) is 1. The predicted molar refractivity (Wildman–Crippen MR) is 69.6 cm³/mol. The fraction of sp³-hybridized carbons (Fsp3) is 1.00. The zero-order valence-corrected chi connectivity index (χ0v) is 11.3. The van der Waals surface area contributed by atoms with Gasteiger partial charge in [0.15, 0.2) is 0 Å². The molecule has 1 nitrogen and oxygen atoms in total. The Hall–Kier alpha value is 0.440. The highest BCUT2D eigenvalue weighted by Crippen LogP contribution is 2.29. The first-order chi connectivity index (χ1) is 7.42. The van der Waals surface area contributed by atoms with Gasteiger partial charge in [-0.3, -0.25) is 4.90 Å². The second-order valence-corrected chi connectivity index (χ2v) is 5.95. The van der Waals surface area contributed by atoms with Gasteiger partial charge in [0.05, 0.1) is 0 Å². The van der Waals surface area contributed by atoms with E-state index >= 15 is 0 Å². The van der Waals surface area contributed by atoms with Gasteiger partial charge < -0.3 is 0 Å². The van der Waals surface area contributed by atoms with Crippen molar-refractivity contribution in [3.8, 4) is 0 Å². The molecule has 1 aliphatic heterocycles. The third kappa shape index (κ3) is 3.20. The number of halogens is 1. The molecule has 1 heterocycles. The lowest BCUT2D eigenvalue weighted by Gasteiger charge is -2.42. The molecule has 0 amide bonds. The molecule has 0 aromatic heterocycles. The van der Waals surface area contributed by atoms with Crippen molar-refractivity contribution in [2.24, 2.45) is 0 Å². The minimum absolute atomic E-state index is 0.890. The monoisotopic (exact) mass is 273 g/mol. The summed E-state index contributed by atoms with van der Waals surface area (Å²) >= 11 is 3.61. The Morgan fingerprint density at radius 3 is 2.40 bits per heavy atom. The lowest BCUT2D eigenvalue weighted by molar-refractivity contribution is 0.0712. The molecule has 0 aromatic rings. The van der Waals surface area contributed by atoms with Crippen molar-refractivity contribution in [3.63, 3.8) is 0 Å². The van der Waals surface area contributed by atoms with Crippen molar-refractivity contribution in [1.29, 1.82) is 0 Å². The molecule has 15 heavy (non-hydrogen) atoms. The normalized spacial score (nSPS) is 30.6. The first kappa shape index (κ1) is 11.9. The van der Waals surface area contributed by atoms with Crippen LogP contribution in [0.25, 0.3) is 0 Å². The van der Waals surface area contributed by atoms with Crippen molar-refractivity contribution in [1.82, 2.24) is 4.90 Å². The maximum absolute atomic E-state index is 3.61. The van der Waals surface area contributed by atoms with E-state index in [1.54, 1.807) is 0 Å². The fourth-order valence-electron chi connectivity index (χ4n) is 3.35. The highest BCUT2D eigenvalue weighted by Gasteiger charge is 2.28. The number of likely N-dealkylation sites (tertiary alicyclic amines) is 1. The van der Waals surface area contributed by atoms with E-state index in [0.29, 0.717) is 0 Å². The van der Waals surface area contributed by atoms with Gasteiger partial charge in [0.1, 0.15) is 0 Å². The van der Waals surface area contributed by atoms with Gasteiger partial charge in [0.25, 0.3) is 0 Å². The lowest BCUT2D eigenvalue weighted by Crippen LogP contribution is -2.47. The van der Waals surface area contributed by atoms with E-state index in [1.165, 1.54) is 69.7 Å². The Bertz CT molecular complexity index is 165. The van der Waals surface area contributed by atoms with Crippen LogP contribution in [-0.2, 0) is 0 Å². The molecular weight excluding hydrogens is 250 g/mol. The van der Waals surface area contributed by atoms with E-state index in [0.717, 1.165) is 12.1 Å². The molecule has 88 valence electrons. The Morgan fingerprint density at radius 1 is 0.933 bits per heavy atom. The van der Waals surface area contributed by atoms with E-state index in [4.69, 9.17) is 0 Å². The lowest BCUT2D eigenvalue weighted by atomic mass is 9.90. The summed E-state index contributed by atoms with van der Waals surface area (Å²) in [5, 5.41) is 1.18. The molecule has 0 aromatic carbocycles. The van der Waals surface area contributed by atoms with E-state index in [2.05, 4.69) is 20.8 Å². The molecule has 1 saturated carbocycles. The molecule has 0 radical (unpaired) electrons. The van der Waals surface area contributed by atoms with Crippen molar-refractivity contribution < 1.29 is 0 Å². The van der Waals surface area contributed by atoms with Gasteiger partial charge in [0.2, 0.25) is 0 Å². The molecule has 2 rings (SSSR count). The minimum atomic E-state index is 0.890. The van der Waals surface area contributed by atoms with Crippen molar-refractivity contribution in [2.75, 3.05) is 11.9 Å². The number of hydrogen-bond donors (Lipinski definition) is 0. The Labute approximate surface area is 103 Å². The van der Waals surface area contributed by atoms with Gasteiger partial charge in [-0.2, -0.15) is 0 Å². The van der Waals surface area contributed by atoms with Crippen LogP contribution in [-0.4, -0.2) is 28.9 Å². The van der Waals surface area contributed by atoms with Crippen LogP contribution < -0.4 is 0 Å². The van der Waals surface area contributed by atoms with E-state index in [1.807, 2.05) is 0 Å². The number of rotatable bonds is 3.